The quantitative estimate of drug-likeness (QED) is 0.410. The minimum Gasteiger partial charge on any atom is -0.465 e. The van der Waals surface area contributed by atoms with Crippen LogP contribution >= 0.6 is 0 Å². The van der Waals surface area contributed by atoms with Crippen LogP contribution in [0.15, 0.2) is 36.5 Å². The summed E-state index contributed by atoms with van der Waals surface area (Å²) in [5.74, 6) is -0.218. The molecule has 29 heavy (non-hydrogen) atoms. The van der Waals surface area contributed by atoms with Crippen LogP contribution in [0.3, 0.4) is 0 Å². The molecular formula is C20H23N3O5S. The lowest BCUT2D eigenvalue weighted by Gasteiger charge is -2.21. The van der Waals surface area contributed by atoms with E-state index in [0.717, 1.165) is 37.3 Å². The molecule has 1 aromatic heterocycles. The Morgan fingerprint density at radius 3 is 2.76 bits per heavy atom. The van der Waals surface area contributed by atoms with Gasteiger partial charge in [0.2, 0.25) is 5.82 Å². The number of nitro groups is 1. The highest BCUT2D eigenvalue weighted by Crippen LogP contribution is 2.28. The van der Waals surface area contributed by atoms with E-state index in [1.807, 2.05) is 18.2 Å². The summed E-state index contributed by atoms with van der Waals surface area (Å²) < 4.78 is 17.2. The minimum absolute atomic E-state index is 0.00128. The van der Waals surface area contributed by atoms with Crippen molar-refractivity contribution in [3.05, 3.63) is 57.8 Å². The third-order valence-electron chi connectivity index (χ3n) is 4.91. The van der Waals surface area contributed by atoms with Gasteiger partial charge in [0.15, 0.2) is 0 Å². The second-order valence-corrected chi connectivity index (χ2v) is 8.67. The first-order valence-corrected chi connectivity index (χ1v) is 10.8. The Balaban J connectivity index is 1.76. The van der Waals surface area contributed by atoms with Gasteiger partial charge in [-0.2, -0.15) is 0 Å². The molecule has 1 aliphatic carbocycles. The van der Waals surface area contributed by atoms with Crippen LogP contribution in [-0.2, 0) is 21.3 Å². The van der Waals surface area contributed by atoms with Gasteiger partial charge in [0.25, 0.3) is 0 Å². The molecule has 8 nitrogen and oxygen atoms in total. The molecule has 0 bridgehead atoms. The molecular weight excluding hydrogens is 394 g/mol. The zero-order chi connectivity index (χ0) is 20.8. The van der Waals surface area contributed by atoms with Crippen LogP contribution in [0.1, 0.15) is 48.0 Å². The van der Waals surface area contributed by atoms with Crippen LogP contribution < -0.4 is 5.32 Å². The number of carbonyl (C=O) groups excluding carboxylic acids is 1. The molecule has 1 saturated carbocycles. The number of nitrogens with zero attached hydrogens (tertiary/aromatic N) is 2. The highest BCUT2D eigenvalue weighted by molar-refractivity contribution is 7.84. The molecule has 154 valence electrons. The normalized spacial score (nSPS) is 15.5. The van der Waals surface area contributed by atoms with Crippen LogP contribution in [0, 0.1) is 10.1 Å². The van der Waals surface area contributed by atoms with E-state index in [-0.39, 0.29) is 22.3 Å². The Kier molecular flexibility index (Phi) is 6.92. The number of ether oxygens (including phenoxy) is 1. The first-order valence-electron chi connectivity index (χ1n) is 9.44. The number of methoxy groups -OCH3 is 1. The van der Waals surface area contributed by atoms with Gasteiger partial charge in [-0.15, -0.1) is 0 Å². The summed E-state index contributed by atoms with van der Waals surface area (Å²) in [6, 6.07) is 8.41. The Hall–Kier alpha value is -2.81. The second kappa shape index (κ2) is 9.60. The van der Waals surface area contributed by atoms with Gasteiger partial charge in [0, 0.05) is 39.8 Å². The van der Waals surface area contributed by atoms with Gasteiger partial charge in [0.1, 0.15) is 0 Å². The summed E-state index contributed by atoms with van der Waals surface area (Å²) in [6.07, 6.45) is 6.72. The summed E-state index contributed by atoms with van der Waals surface area (Å²) in [7, 11) is 0.261. The fourth-order valence-electron chi connectivity index (χ4n) is 3.40. The molecule has 1 unspecified atom stereocenters. The van der Waals surface area contributed by atoms with E-state index in [1.54, 1.807) is 6.07 Å². The highest BCUT2D eigenvalue weighted by atomic mass is 32.2. The fraction of sp³-hybridized carbons (Fsp3) is 0.400. The molecule has 1 aliphatic rings. The largest absolute Gasteiger partial charge is 0.465 e. The first-order chi connectivity index (χ1) is 14.0. The van der Waals surface area contributed by atoms with Crippen molar-refractivity contribution < 1.29 is 18.7 Å². The average Bonchev–Trinajstić information content (AvgIpc) is 2.74. The number of hydrogen-bond donors (Lipinski definition) is 1. The Morgan fingerprint density at radius 2 is 2.07 bits per heavy atom. The van der Waals surface area contributed by atoms with Crippen molar-refractivity contribution in [3.63, 3.8) is 0 Å². The predicted molar refractivity (Wildman–Crippen MR) is 111 cm³/mol. The zero-order valence-corrected chi connectivity index (χ0v) is 16.9. The molecule has 1 fully saturated rings. The third-order valence-corrected chi connectivity index (χ3v) is 6.74. The number of anilines is 2. The SMILES string of the molecule is COC(=O)c1cnc(Nc2cccc(CS(=O)C3CCCCC3)c2)c([N+](=O)[O-])c1. The van der Waals surface area contributed by atoms with Gasteiger partial charge in [-0.3, -0.25) is 14.3 Å². The maximum atomic E-state index is 12.7. The van der Waals surface area contributed by atoms with Crippen LogP contribution in [0.5, 0.6) is 0 Å². The van der Waals surface area contributed by atoms with E-state index in [9.17, 15) is 19.1 Å². The van der Waals surface area contributed by atoms with Crippen LogP contribution in [0.4, 0.5) is 17.2 Å². The summed E-state index contributed by atoms with van der Waals surface area (Å²) >= 11 is 0. The van der Waals surface area contributed by atoms with Crippen molar-refractivity contribution >= 4 is 34.0 Å². The summed E-state index contributed by atoms with van der Waals surface area (Å²) in [4.78, 5) is 26.4. The smallest absolute Gasteiger partial charge is 0.339 e. The lowest BCUT2D eigenvalue weighted by molar-refractivity contribution is -0.384. The first kappa shape index (κ1) is 20.9. The standard InChI is InChI=1S/C20H23N3O5S/c1-28-20(24)15-11-18(23(25)26)19(21-12-15)22-16-7-5-6-14(10-16)13-29(27)17-8-3-2-4-9-17/h5-7,10-12,17H,2-4,8-9,13H2,1H3,(H,21,22). The Labute approximate surface area is 171 Å². The molecule has 2 aromatic rings. The summed E-state index contributed by atoms with van der Waals surface area (Å²) in [5, 5.41) is 14.6. The minimum atomic E-state index is -0.936. The zero-order valence-electron chi connectivity index (χ0n) is 16.1. The number of hydrogen-bond acceptors (Lipinski definition) is 7. The van der Waals surface area contributed by atoms with E-state index in [0.29, 0.717) is 11.4 Å². The number of aromatic nitrogens is 1. The van der Waals surface area contributed by atoms with Gasteiger partial charge in [0.05, 0.1) is 17.6 Å². The van der Waals surface area contributed by atoms with Crippen LogP contribution in [0.25, 0.3) is 0 Å². The number of esters is 1. The van der Waals surface area contributed by atoms with Crippen molar-refractivity contribution in [3.8, 4) is 0 Å². The monoisotopic (exact) mass is 417 g/mol. The lowest BCUT2D eigenvalue weighted by atomic mass is 10.0. The molecule has 0 spiro atoms. The van der Waals surface area contributed by atoms with E-state index in [4.69, 9.17) is 0 Å². The number of carbonyl (C=O) groups is 1. The average molecular weight is 417 g/mol. The molecule has 3 rings (SSSR count). The highest BCUT2D eigenvalue weighted by Gasteiger charge is 2.21. The predicted octanol–water partition coefficient (Wildman–Crippen LogP) is 4.10. The number of benzene rings is 1. The molecule has 0 radical (unpaired) electrons. The van der Waals surface area contributed by atoms with Crippen molar-refractivity contribution in [2.45, 2.75) is 43.1 Å². The molecule has 1 heterocycles. The van der Waals surface area contributed by atoms with Gasteiger partial charge in [-0.05, 0) is 30.5 Å². The van der Waals surface area contributed by atoms with Crippen molar-refractivity contribution in [2.75, 3.05) is 12.4 Å². The summed E-state index contributed by atoms with van der Waals surface area (Å²) in [6.45, 7) is 0. The molecule has 1 N–H and O–H groups in total. The molecule has 9 heteroatoms. The maximum absolute atomic E-state index is 12.7. The lowest BCUT2D eigenvalue weighted by Crippen LogP contribution is -2.19. The number of nitrogens with one attached hydrogen (secondary N) is 1. The molecule has 0 aliphatic heterocycles. The van der Waals surface area contributed by atoms with Gasteiger partial charge < -0.3 is 10.1 Å². The van der Waals surface area contributed by atoms with Gasteiger partial charge in [-0.25, -0.2) is 9.78 Å². The fourth-order valence-corrected chi connectivity index (χ4v) is 5.01. The van der Waals surface area contributed by atoms with E-state index < -0.39 is 21.7 Å². The molecule has 0 saturated heterocycles. The van der Waals surface area contributed by atoms with Crippen LogP contribution in [-0.4, -0.2) is 32.4 Å². The van der Waals surface area contributed by atoms with E-state index in [1.165, 1.54) is 19.7 Å². The topological polar surface area (TPSA) is 111 Å². The Bertz CT molecular complexity index is 928. The van der Waals surface area contributed by atoms with Crippen LogP contribution in [0.2, 0.25) is 0 Å². The van der Waals surface area contributed by atoms with E-state index in [2.05, 4.69) is 15.0 Å². The third kappa shape index (κ3) is 5.38. The molecule has 1 aromatic carbocycles. The molecule has 0 amide bonds. The van der Waals surface area contributed by atoms with E-state index >= 15 is 0 Å². The van der Waals surface area contributed by atoms with Crippen molar-refractivity contribution in [2.24, 2.45) is 0 Å². The number of pyridine rings is 1. The summed E-state index contributed by atoms with van der Waals surface area (Å²) in [5.41, 5.74) is 1.17. The molecule has 1 atom stereocenters. The van der Waals surface area contributed by atoms with Gasteiger partial charge in [-0.1, -0.05) is 31.4 Å². The Morgan fingerprint density at radius 1 is 1.31 bits per heavy atom. The van der Waals surface area contributed by atoms with Gasteiger partial charge >= 0.3 is 11.7 Å². The second-order valence-electron chi connectivity index (χ2n) is 6.95. The number of rotatable bonds is 7. The van der Waals surface area contributed by atoms with Crippen molar-refractivity contribution in [1.29, 1.82) is 0 Å². The van der Waals surface area contributed by atoms with Crippen molar-refractivity contribution in [1.82, 2.24) is 4.98 Å². The maximum Gasteiger partial charge on any atom is 0.339 e.